The standard InChI is InChI=1S/C23H27ClN4O2/c24-20-11-10-17(22(29)25-18-7-2-1-3-8-18)15-21(20)26-23(30)28-14-6-9-19(16-28)27-12-4-5-13-27/h1-3,7-8,10-11,15,19H,4-6,9,12-14,16H2,(H,25,29)(H,26,30)/t19-/m1/s1. The molecule has 2 fully saturated rings. The summed E-state index contributed by atoms with van der Waals surface area (Å²) in [6, 6.07) is 14.4. The quantitative estimate of drug-likeness (QED) is 0.745. The molecule has 2 aliphatic rings. The molecule has 2 aliphatic heterocycles. The van der Waals surface area contributed by atoms with E-state index in [1.807, 2.05) is 35.2 Å². The van der Waals surface area contributed by atoms with Crippen LogP contribution in [-0.4, -0.2) is 54.0 Å². The maximum atomic E-state index is 12.9. The second-order valence-electron chi connectivity index (χ2n) is 7.93. The largest absolute Gasteiger partial charge is 0.323 e. The minimum Gasteiger partial charge on any atom is -0.323 e. The van der Waals surface area contributed by atoms with E-state index in [1.54, 1.807) is 18.2 Å². The summed E-state index contributed by atoms with van der Waals surface area (Å²) in [6.45, 7) is 3.73. The van der Waals surface area contributed by atoms with Gasteiger partial charge in [-0.25, -0.2) is 4.79 Å². The average molecular weight is 427 g/mol. The van der Waals surface area contributed by atoms with Crippen molar-refractivity contribution in [2.24, 2.45) is 0 Å². The monoisotopic (exact) mass is 426 g/mol. The summed E-state index contributed by atoms with van der Waals surface area (Å²) in [6.07, 6.45) is 4.63. The van der Waals surface area contributed by atoms with Crippen LogP contribution in [0.1, 0.15) is 36.0 Å². The zero-order chi connectivity index (χ0) is 20.9. The molecule has 6 nitrogen and oxygen atoms in total. The topological polar surface area (TPSA) is 64.7 Å². The first-order valence-electron chi connectivity index (χ1n) is 10.6. The van der Waals surface area contributed by atoms with Crippen LogP contribution in [0.15, 0.2) is 48.5 Å². The second kappa shape index (κ2) is 9.49. The van der Waals surface area contributed by atoms with E-state index in [1.165, 1.54) is 12.8 Å². The van der Waals surface area contributed by atoms with Gasteiger partial charge < -0.3 is 15.5 Å². The molecule has 3 amide bonds. The molecule has 1 atom stereocenters. The molecular formula is C23H27ClN4O2. The molecule has 0 bridgehead atoms. The third-order valence-electron chi connectivity index (χ3n) is 5.84. The van der Waals surface area contributed by atoms with Crippen LogP contribution < -0.4 is 10.6 Å². The van der Waals surface area contributed by atoms with Gasteiger partial charge in [0.15, 0.2) is 0 Å². The molecule has 0 aromatic heterocycles. The summed E-state index contributed by atoms with van der Waals surface area (Å²) >= 11 is 6.30. The van der Waals surface area contributed by atoms with Crippen molar-refractivity contribution in [2.45, 2.75) is 31.7 Å². The van der Waals surface area contributed by atoms with Crippen LogP contribution in [0.3, 0.4) is 0 Å². The number of carbonyl (C=O) groups is 2. The Morgan fingerprint density at radius 3 is 2.47 bits per heavy atom. The van der Waals surface area contributed by atoms with E-state index in [9.17, 15) is 9.59 Å². The SMILES string of the molecule is O=C(Nc1ccccc1)c1ccc(Cl)c(NC(=O)N2CCC[C@@H](N3CCCC3)C2)c1. The van der Waals surface area contributed by atoms with Gasteiger partial charge in [0.05, 0.1) is 10.7 Å². The number of hydrogen-bond acceptors (Lipinski definition) is 3. The Morgan fingerprint density at radius 2 is 1.70 bits per heavy atom. The normalized spacial score (nSPS) is 19.5. The molecule has 2 aromatic rings. The number of benzene rings is 2. The first kappa shape index (κ1) is 20.7. The van der Waals surface area contributed by atoms with Gasteiger partial charge in [0.1, 0.15) is 0 Å². The van der Waals surface area contributed by atoms with E-state index in [0.717, 1.165) is 39.0 Å². The van der Waals surface area contributed by atoms with Gasteiger partial charge in [-0.2, -0.15) is 0 Å². The van der Waals surface area contributed by atoms with Crippen LogP contribution >= 0.6 is 11.6 Å². The van der Waals surface area contributed by atoms with Crippen LogP contribution in [0.4, 0.5) is 16.2 Å². The zero-order valence-electron chi connectivity index (χ0n) is 16.9. The molecule has 2 aromatic carbocycles. The van der Waals surface area contributed by atoms with E-state index >= 15 is 0 Å². The molecule has 4 rings (SSSR count). The fourth-order valence-corrected chi connectivity index (χ4v) is 4.39. The number of carbonyl (C=O) groups excluding carboxylic acids is 2. The lowest BCUT2D eigenvalue weighted by Crippen LogP contribution is -2.50. The predicted molar refractivity (Wildman–Crippen MR) is 120 cm³/mol. The number of hydrogen-bond donors (Lipinski definition) is 2. The number of halogens is 1. The summed E-state index contributed by atoms with van der Waals surface area (Å²) < 4.78 is 0. The Balaban J connectivity index is 1.41. The number of urea groups is 1. The summed E-state index contributed by atoms with van der Waals surface area (Å²) in [5, 5.41) is 6.16. The van der Waals surface area contributed by atoms with Gasteiger partial charge >= 0.3 is 6.03 Å². The number of para-hydroxylation sites is 1. The van der Waals surface area contributed by atoms with Crippen LogP contribution in [-0.2, 0) is 0 Å². The highest BCUT2D eigenvalue weighted by Gasteiger charge is 2.29. The number of rotatable bonds is 4. The highest BCUT2D eigenvalue weighted by atomic mass is 35.5. The second-order valence-corrected chi connectivity index (χ2v) is 8.34. The number of nitrogens with one attached hydrogen (secondary N) is 2. The van der Waals surface area contributed by atoms with E-state index in [4.69, 9.17) is 11.6 Å². The minimum absolute atomic E-state index is 0.165. The Kier molecular flexibility index (Phi) is 6.55. The average Bonchev–Trinajstić information content (AvgIpc) is 3.31. The molecule has 2 saturated heterocycles. The van der Waals surface area contributed by atoms with Crippen LogP contribution in [0.5, 0.6) is 0 Å². The maximum Gasteiger partial charge on any atom is 0.321 e. The Hall–Kier alpha value is -2.57. The van der Waals surface area contributed by atoms with Crippen molar-refractivity contribution < 1.29 is 9.59 Å². The van der Waals surface area contributed by atoms with Crippen molar-refractivity contribution in [3.05, 3.63) is 59.1 Å². The summed E-state index contributed by atoms with van der Waals surface area (Å²) in [7, 11) is 0. The maximum absolute atomic E-state index is 12.9. The van der Waals surface area contributed by atoms with Crippen LogP contribution in [0, 0.1) is 0 Å². The highest BCUT2D eigenvalue weighted by molar-refractivity contribution is 6.34. The van der Waals surface area contributed by atoms with Gasteiger partial charge in [-0.1, -0.05) is 29.8 Å². The lowest BCUT2D eigenvalue weighted by molar-refractivity contribution is 0.102. The zero-order valence-corrected chi connectivity index (χ0v) is 17.7. The van der Waals surface area contributed by atoms with Crippen molar-refractivity contribution >= 4 is 34.9 Å². The molecule has 2 heterocycles. The molecule has 0 unspecified atom stereocenters. The molecule has 30 heavy (non-hydrogen) atoms. The van der Waals surface area contributed by atoms with Gasteiger partial charge in [0.25, 0.3) is 5.91 Å². The molecule has 0 radical (unpaired) electrons. The molecule has 158 valence electrons. The fourth-order valence-electron chi connectivity index (χ4n) is 4.23. The van der Waals surface area contributed by atoms with E-state index in [0.29, 0.717) is 28.0 Å². The van der Waals surface area contributed by atoms with Gasteiger partial charge in [0.2, 0.25) is 0 Å². The summed E-state index contributed by atoms with van der Waals surface area (Å²) in [5.41, 5.74) is 1.60. The lowest BCUT2D eigenvalue weighted by atomic mass is 10.0. The van der Waals surface area contributed by atoms with Gasteiger partial charge in [-0.05, 0) is 69.1 Å². The molecule has 7 heteroatoms. The highest BCUT2D eigenvalue weighted by Crippen LogP contribution is 2.26. The van der Waals surface area contributed by atoms with Crippen molar-refractivity contribution in [2.75, 3.05) is 36.8 Å². The predicted octanol–water partition coefficient (Wildman–Crippen LogP) is 4.68. The molecule has 0 spiro atoms. The Morgan fingerprint density at radius 1 is 0.933 bits per heavy atom. The lowest BCUT2D eigenvalue weighted by Gasteiger charge is -2.37. The third kappa shape index (κ3) is 4.94. The third-order valence-corrected chi connectivity index (χ3v) is 6.17. The van der Waals surface area contributed by atoms with Crippen LogP contribution in [0.25, 0.3) is 0 Å². The van der Waals surface area contributed by atoms with Crippen LogP contribution in [0.2, 0.25) is 5.02 Å². The van der Waals surface area contributed by atoms with Crippen molar-refractivity contribution in [1.82, 2.24) is 9.80 Å². The molecule has 0 aliphatic carbocycles. The Bertz CT molecular complexity index is 899. The number of nitrogens with zero attached hydrogens (tertiary/aromatic N) is 2. The van der Waals surface area contributed by atoms with Gasteiger partial charge in [0, 0.05) is 30.4 Å². The van der Waals surface area contributed by atoms with E-state index in [2.05, 4.69) is 15.5 Å². The summed E-state index contributed by atoms with van der Waals surface area (Å²) in [4.78, 5) is 29.8. The van der Waals surface area contributed by atoms with Gasteiger partial charge in [-0.3, -0.25) is 9.69 Å². The smallest absolute Gasteiger partial charge is 0.321 e. The number of piperidine rings is 1. The molecule has 0 saturated carbocycles. The van der Waals surface area contributed by atoms with E-state index in [-0.39, 0.29) is 11.9 Å². The molecular weight excluding hydrogens is 400 g/mol. The van der Waals surface area contributed by atoms with Crippen molar-refractivity contribution in [3.8, 4) is 0 Å². The Labute approximate surface area is 182 Å². The molecule has 2 N–H and O–H groups in total. The van der Waals surface area contributed by atoms with Crippen molar-refractivity contribution in [3.63, 3.8) is 0 Å². The minimum atomic E-state index is -0.250. The summed E-state index contributed by atoms with van der Waals surface area (Å²) in [5.74, 6) is -0.250. The number of amides is 3. The number of anilines is 2. The van der Waals surface area contributed by atoms with Gasteiger partial charge in [-0.15, -0.1) is 0 Å². The van der Waals surface area contributed by atoms with E-state index < -0.39 is 0 Å². The first-order chi connectivity index (χ1) is 14.6. The fraction of sp³-hybridized carbons (Fsp3) is 0.391. The first-order valence-corrected chi connectivity index (χ1v) is 10.9. The number of likely N-dealkylation sites (tertiary alicyclic amines) is 2. The van der Waals surface area contributed by atoms with Crippen molar-refractivity contribution in [1.29, 1.82) is 0 Å².